The summed E-state index contributed by atoms with van der Waals surface area (Å²) < 4.78 is 60.3. The number of rotatable bonds is 6. The van der Waals surface area contributed by atoms with Crippen molar-refractivity contribution in [1.82, 2.24) is 19.5 Å². The molecule has 6 atom stereocenters. The predicted octanol–water partition coefficient (Wildman–Crippen LogP) is 1.12. The molecule has 37 heavy (non-hydrogen) atoms. The maximum absolute atomic E-state index is 13.2. The number of sulfone groups is 1. The van der Waals surface area contributed by atoms with E-state index in [1.165, 1.54) is 36.3 Å². The fraction of sp³-hybridized carbons (Fsp3) is 0.476. The number of benzene rings is 1. The summed E-state index contributed by atoms with van der Waals surface area (Å²) in [5.74, 6) is 0.145. The number of phosphoric ester groups is 1. The quantitative estimate of drug-likeness (QED) is 0.366. The van der Waals surface area contributed by atoms with Crippen LogP contribution in [0.15, 0.2) is 41.8 Å². The monoisotopic (exact) mass is 555 g/mol. The molecule has 0 radical (unpaired) electrons. The summed E-state index contributed by atoms with van der Waals surface area (Å²) in [5, 5.41) is 21.8. The van der Waals surface area contributed by atoms with Crippen LogP contribution in [0.4, 0.5) is 5.82 Å². The van der Waals surface area contributed by atoms with Crippen molar-refractivity contribution < 1.29 is 41.5 Å². The number of nitrogens with two attached hydrogens (primary N) is 1. The van der Waals surface area contributed by atoms with Gasteiger partial charge >= 0.3 is 7.82 Å². The number of hydrogen-bond acceptors (Lipinski definition) is 13. The summed E-state index contributed by atoms with van der Waals surface area (Å²) in [5.41, 5.74) is 5.24. The third-order valence-corrected chi connectivity index (χ3v) is 8.96. The maximum Gasteiger partial charge on any atom is 0.475 e. The number of phosphoric acid groups is 1. The van der Waals surface area contributed by atoms with Crippen LogP contribution in [-0.2, 0) is 32.7 Å². The molecule has 16 heteroatoms. The molecule has 0 aliphatic carbocycles. The number of imidazole rings is 1. The lowest BCUT2D eigenvalue weighted by molar-refractivity contribution is -0.0953. The maximum atomic E-state index is 13.2. The highest BCUT2D eigenvalue weighted by Gasteiger charge is 2.54. The minimum atomic E-state index is -4.07. The van der Waals surface area contributed by atoms with E-state index in [0.29, 0.717) is 23.1 Å². The molecule has 0 spiro atoms. The zero-order chi connectivity index (χ0) is 26.6. The number of nitrogens with zero attached hydrogens (tertiary/aromatic N) is 4. The SMILES string of the molecule is C[C@@]1(O)[C@H](O)[C@@H](CO[P@@]2(=O)OCC[C@@H](c3ccc(S(C)(=O)=O)cc3)O2)O[C@H]1n1cnc2c(N)ncnc21. The van der Waals surface area contributed by atoms with E-state index in [4.69, 9.17) is 24.0 Å². The summed E-state index contributed by atoms with van der Waals surface area (Å²) in [6.45, 7) is 1.02. The molecule has 0 amide bonds. The van der Waals surface area contributed by atoms with Crippen molar-refractivity contribution in [3.8, 4) is 0 Å². The van der Waals surface area contributed by atoms with Gasteiger partial charge in [0.1, 0.15) is 29.7 Å². The summed E-state index contributed by atoms with van der Waals surface area (Å²) in [6.07, 6.45) is -0.260. The van der Waals surface area contributed by atoms with Gasteiger partial charge in [0.15, 0.2) is 27.5 Å². The summed E-state index contributed by atoms with van der Waals surface area (Å²) in [4.78, 5) is 12.3. The molecule has 4 heterocycles. The molecule has 0 unspecified atom stereocenters. The Labute approximate surface area is 211 Å². The van der Waals surface area contributed by atoms with Gasteiger partial charge in [0.25, 0.3) is 0 Å². The minimum absolute atomic E-state index is 0.0618. The van der Waals surface area contributed by atoms with Crippen LogP contribution in [-0.4, -0.2) is 75.4 Å². The van der Waals surface area contributed by atoms with Crippen LogP contribution in [0, 0.1) is 0 Å². The fourth-order valence-electron chi connectivity index (χ4n) is 4.32. The van der Waals surface area contributed by atoms with Crippen LogP contribution in [0.1, 0.15) is 31.2 Å². The highest BCUT2D eigenvalue weighted by atomic mass is 32.2. The summed E-state index contributed by atoms with van der Waals surface area (Å²) in [6, 6.07) is 6.04. The number of nitrogen functional groups attached to an aromatic ring is 1. The molecule has 3 aromatic rings. The van der Waals surface area contributed by atoms with E-state index in [-0.39, 0.29) is 17.3 Å². The zero-order valence-electron chi connectivity index (χ0n) is 19.9. The second-order valence-corrected chi connectivity index (χ2v) is 12.7. The van der Waals surface area contributed by atoms with Gasteiger partial charge in [-0.1, -0.05) is 12.1 Å². The predicted molar refractivity (Wildman–Crippen MR) is 128 cm³/mol. The van der Waals surface area contributed by atoms with Crippen LogP contribution in [0.3, 0.4) is 0 Å². The van der Waals surface area contributed by atoms with E-state index in [2.05, 4.69) is 15.0 Å². The normalized spacial score (nSPS) is 32.6. The van der Waals surface area contributed by atoms with Gasteiger partial charge in [-0.15, -0.1) is 0 Å². The van der Waals surface area contributed by atoms with E-state index in [1.54, 1.807) is 12.1 Å². The lowest BCUT2D eigenvalue weighted by Gasteiger charge is -2.30. The number of hydrogen-bond donors (Lipinski definition) is 3. The Morgan fingerprint density at radius 1 is 1.27 bits per heavy atom. The van der Waals surface area contributed by atoms with Crippen molar-refractivity contribution in [2.45, 2.75) is 48.4 Å². The Bertz CT molecular complexity index is 1460. The molecule has 2 saturated heterocycles. The average molecular weight is 556 g/mol. The first kappa shape index (κ1) is 26.1. The first-order chi connectivity index (χ1) is 17.4. The van der Waals surface area contributed by atoms with Crippen molar-refractivity contribution >= 4 is 34.6 Å². The molecule has 0 saturated carbocycles. The highest BCUT2D eigenvalue weighted by molar-refractivity contribution is 7.90. The summed E-state index contributed by atoms with van der Waals surface area (Å²) in [7, 11) is -7.44. The van der Waals surface area contributed by atoms with E-state index in [9.17, 15) is 23.2 Å². The molecule has 0 bridgehead atoms. The Kier molecular flexibility index (Phi) is 6.61. The number of anilines is 1. The Hall–Kier alpha value is -2.49. The van der Waals surface area contributed by atoms with Crippen LogP contribution < -0.4 is 5.73 Å². The third kappa shape index (κ3) is 4.89. The second kappa shape index (κ2) is 9.36. The van der Waals surface area contributed by atoms with E-state index in [1.807, 2.05) is 0 Å². The zero-order valence-corrected chi connectivity index (χ0v) is 21.6. The third-order valence-electron chi connectivity index (χ3n) is 6.36. The highest BCUT2D eigenvalue weighted by Crippen LogP contribution is 2.57. The van der Waals surface area contributed by atoms with Gasteiger partial charge in [-0.2, -0.15) is 0 Å². The fourth-order valence-corrected chi connectivity index (χ4v) is 6.34. The van der Waals surface area contributed by atoms with Crippen LogP contribution in [0.2, 0.25) is 0 Å². The molecule has 2 aliphatic rings. The molecular weight excluding hydrogens is 529 g/mol. The molecule has 200 valence electrons. The number of aromatic nitrogens is 4. The van der Waals surface area contributed by atoms with Crippen LogP contribution >= 0.6 is 7.82 Å². The van der Waals surface area contributed by atoms with Crippen molar-refractivity contribution in [3.63, 3.8) is 0 Å². The van der Waals surface area contributed by atoms with Crippen molar-refractivity contribution in [1.29, 1.82) is 0 Å². The molecule has 2 fully saturated rings. The van der Waals surface area contributed by atoms with Gasteiger partial charge in [-0.3, -0.25) is 18.1 Å². The van der Waals surface area contributed by atoms with Crippen LogP contribution in [0.25, 0.3) is 11.2 Å². The van der Waals surface area contributed by atoms with Crippen molar-refractivity contribution in [2.24, 2.45) is 0 Å². The van der Waals surface area contributed by atoms with Gasteiger partial charge in [-0.25, -0.2) is 27.9 Å². The minimum Gasteiger partial charge on any atom is -0.387 e. The first-order valence-electron chi connectivity index (χ1n) is 11.3. The first-order valence-corrected chi connectivity index (χ1v) is 14.6. The smallest absolute Gasteiger partial charge is 0.387 e. The van der Waals surface area contributed by atoms with Gasteiger partial charge in [0, 0.05) is 12.7 Å². The molecule has 5 rings (SSSR count). The average Bonchev–Trinajstić information content (AvgIpc) is 3.37. The van der Waals surface area contributed by atoms with Gasteiger partial charge < -0.3 is 20.7 Å². The molecule has 4 N–H and O–H groups in total. The summed E-state index contributed by atoms with van der Waals surface area (Å²) >= 11 is 0. The molecule has 14 nitrogen and oxygen atoms in total. The Morgan fingerprint density at radius 2 is 2.00 bits per heavy atom. The lowest BCUT2D eigenvalue weighted by Crippen LogP contribution is -2.44. The van der Waals surface area contributed by atoms with Crippen molar-refractivity contribution in [3.05, 3.63) is 42.5 Å². The van der Waals surface area contributed by atoms with Crippen molar-refractivity contribution in [2.75, 3.05) is 25.2 Å². The largest absolute Gasteiger partial charge is 0.475 e. The molecule has 2 aliphatic heterocycles. The molecular formula is C21H26N5O9PS. The standard InChI is InChI=1S/C21H26N5O9PS/c1-21(28)17(27)15(34-20(21)26-11-25-16-18(22)23-10-24-19(16)26)9-33-36(29)32-8-7-14(35-36)12-3-5-13(6-4-12)37(2,30)31/h3-6,10-11,14-15,17,20,27-28H,7-9H2,1-2H3,(H2,22,23,24)/t14-,15+,17+,20+,21+,36+/m0/s1. The van der Waals surface area contributed by atoms with E-state index >= 15 is 0 Å². The Balaban J connectivity index is 1.29. The molecule has 2 aromatic heterocycles. The van der Waals surface area contributed by atoms with Gasteiger partial charge in [-0.05, 0) is 24.6 Å². The second-order valence-electron chi connectivity index (χ2n) is 9.08. The number of fused-ring (bicyclic) bond motifs is 1. The number of aliphatic hydroxyl groups excluding tert-OH is 1. The van der Waals surface area contributed by atoms with Gasteiger partial charge in [0.2, 0.25) is 0 Å². The van der Waals surface area contributed by atoms with Crippen LogP contribution in [0.5, 0.6) is 0 Å². The molecule has 1 aromatic carbocycles. The number of aliphatic hydroxyl groups is 2. The number of ether oxygens (including phenoxy) is 1. The topological polar surface area (TPSA) is 198 Å². The lowest BCUT2D eigenvalue weighted by atomic mass is 9.96. The van der Waals surface area contributed by atoms with E-state index in [0.717, 1.165) is 6.26 Å². The van der Waals surface area contributed by atoms with E-state index < -0.39 is 54.4 Å². The Morgan fingerprint density at radius 3 is 2.70 bits per heavy atom. The van der Waals surface area contributed by atoms with Gasteiger partial charge in [0.05, 0.1) is 30.5 Å².